The van der Waals surface area contributed by atoms with E-state index in [1.54, 1.807) is 48.5 Å². The van der Waals surface area contributed by atoms with Gasteiger partial charge in [0.05, 0.1) is 23.6 Å². The molecule has 1 heterocycles. The Morgan fingerprint density at radius 2 is 1.79 bits per heavy atom. The molecule has 0 bridgehead atoms. The van der Waals surface area contributed by atoms with Crippen LogP contribution in [0.3, 0.4) is 0 Å². The van der Waals surface area contributed by atoms with Crippen LogP contribution >= 0.6 is 11.6 Å². The van der Waals surface area contributed by atoms with E-state index in [-0.39, 0.29) is 25.3 Å². The number of esters is 1. The van der Waals surface area contributed by atoms with E-state index < -0.39 is 24.4 Å². The minimum absolute atomic E-state index is 0.100. The highest BCUT2D eigenvalue weighted by molar-refractivity contribution is 6.33. The number of carbonyl (C=O) groups is 4. The van der Waals surface area contributed by atoms with E-state index in [0.717, 1.165) is 4.90 Å². The number of ether oxygens (including phenoxy) is 1. The van der Waals surface area contributed by atoms with Crippen molar-refractivity contribution in [3.8, 4) is 0 Å². The molecular weight excluding hydrogens is 384 g/mol. The van der Waals surface area contributed by atoms with E-state index >= 15 is 0 Å². The minimum atomic E-state index is -0.686. The van der Waals surface area contributed by atoms with Gasteiger partial charge in [0.25, 0.3) is 11.8 Å². The Morgan fingerprint density at radius 3 is 2.57 bits per heavy atom. The zero-order valence-corrected chi connectivity index (χ0v) is 15.6. The van der Waals surface area contributed by atoms with E-state index in [4.69, 9.17) is 16.3 Å². The number of benzene rings is 2. The highest BCUT2D eigenvalue weighted by Crippen LogP contribution is 2.21. The van der Waals surface area contributed by atoms with Crippen LogP contribution in [-0.4, -0.2) is 41.7 Å². The number of fused-ring (bicyclic) bond motifs is 1. The van der Waals surface area contributed by atoms with E-state index in [2.05, 4.69) is 5.32 Å². The molecule has 1 aliphatic rings. The summed E-state index contributed by atoms with van der Waals surface area (Å²) in [7, 11) is 0. The van der Waals surface area contributed by atoms with Crippen LogP contribution < -0.4 is 5.32 Å². The molecule has 0 aromatic heterocycles. The van der Waals surface area contributed by atoms with Gasteiger partial charge in [-0.25, -0.2) is 0 Å². The van der Waals surface area contributed by atoms with Crippen LogP contribution in [0.4, 0.5) is 5.69 Å². The lowest BCUT2D eigenvalue weighted by Gasteiger charge is -2.26. The van der Waals surface area contributed by atoms with Gasteiger partial charge in [-0.2, -0.15) is 0 Å². The van der Waals surface area contributed by atoms with Crippen molar-refractivity contribution in [1.29, 1.82) is 0 Å². The van der Waals surface area contributed by atoms with Crippen LogP contribution in [0.1, 0.15) is 22.3 Å². The molecule has 1 N–H and O–H groups in total. The van der Waals surface area contributed by atoms with Crippen molar-refractivity contribution in [3.63, 3.8) is 0 Å². The maximum atomic E-state index is 12.4. The molecule has 28 heavy (non-hydrogen) atoms. The lowest BCUT2D eigenvalue weighted by Crippen LogP contribution is -2.43. The third-order valence-corrected chi connectivity index (χ3v) is 4.52. The van der Waals surface area contributed by atoms with Crippen LogP contribution in [-0.2, 0) is 25.5 Å². The second kappa shape index (κ2) is 8.67. The monoisotopic (exact) mass is 400 g/mol. The molecule has 0 unspecified atom stereocenters. The summed E-state index contributed by atoms with van der Waals surface area (Å²) < 4.78 is 4.90. The van der Waals surface area contributed by atoms with Gasteiger partial charge < -0.3 is 10.1 Å². The second-order valence-corrected chi connectivity index (χ2v) is 6.53. The normalized spacial score (nSPS) is 13.1. The minimum Gasteiger partial charge on any atom is -0.456 e. The van der Waals surface area contributed by atoms with E-state index in [1.165, 1.54) is 0 Å². The predicted molar refractivity (Wildman–Crippen MR) is 102 cm³/mol. The first-order valence-electron chi connectivity index (χ1n) is 8.58. The first kappa shape index (κ1) is 19.6. The summed E-state index contributed by atoms with van der Waals surface area (Å²) in [4.78, 5) is 49.4. The molecule has 0 saturated heterocycles. The van der Waals surface area contributed by atoms with Crippen molar-refractivity contribution in [2.45, 2.75) is 12.8 Å². The Balaban J connectivity index is 1.48. The number of amides is 3. The van der Waals surface area contributed by atoms with Crippen molar-refractivity contribution < 1.29 is 23.9 Å². The van der Waals surface area contributed by atoms with Crippen molar-refractivity contribution in [2.75, 3.05) is 18.5 Å². The highest BCUT2D eigenvalue weighted by Gasteiger charge is 2.30. The molecule has 2 aromatic carbocycles. The van der Waals surface area contributed by atoms with Gasteiger partial charge in [-0.1, -0.05) is 41.9 Å². The van der Waals surface area contributed by atoms with Crippen molar-refractivity contribution in [3.05, 3.63) is 64.7 Å². The zero-order valence-electron chi connectivity index (χ0n) is 14.8. The van der Waals surface area contributed by atoms with E-state index in [0.29, 0.717) is 21.8 Å². The van der Waals surface area contributed by atoms with Gasteiger partial charge in [-0.15, -0.1) is 0 Å². The molecule has 3 amide bonds. The Morgan fingerprint density at radius 1 is 1.07 bits per heavy atom. The summed E-state index contributed by atoms with van der Waals surface area (Å²) in [6, 6.07) is 13.5. The number of hydrogen-bond acceptors (Lipinski definition) is 5. The summed E-state index contributed by atoms with van der Waals surface area (Å²) >= 11 is 5.94. The SMILES string of the molecule is O=C(COC(=O)CCN1C(=O)Cc2ccccc2C1=O)Nc1ccccc1Cl. The van der Waals surface area contributed by atoms with Crippen LogP contribution in [0.2, 0.25) is 5.02 Å². The van der Waals surface area contributed by atoms with Crippen LogP contribution in [0.25, 0.3) is 0 Å². The van der Waals surface area contributed by atoms with Gasteiger partial charge in [0, 0.05) is 12.1 Å². The number of rotatable bonds is 6. The number of carbonyl (C=O) groups excluding carboxylic acids is 4. The number of para-hydroxylation sites is 1. The van der Waals surface area contributed by atoms with Crippen LogP contribution in [0.5, 0.6) is 0 Å². The molecule has 8 heteroatoms. The topological polar surface area (TPSA) is 92.8 Å². The molecule has 0 radical (unpaired) electrons. The first-order chi connectivity index (χ1) is 13.5. The predicted octanol–water partition coefficient (Wildman–Crippen LogP) is 2.44. The summed E-state index contributed by atoms with van der Waals surface area (Å²) in [5, 5.41) is 2.89. The Bertz CT molecular complexity index is 944. The zero-order chi connectivity index (χ0) is 20.1. The standard InChI is InChI=1S/C20H17ClN2O5/c21-15-7-3-4-8-16(15)22-17(24)12-28-19(26)9-10-23-18(25)11-13-5-1-2-6-14(13)20(23)27/h1-8H,9-12H2,(H,22,24). The summed E-state index contributed by atoms with van der Waals surface area (Å²) in [5.74, 6) is -2.03. The number of halogens is 1. The van der Waals surface area contributed by atoms with Gasteiger partial charge in [0.15, 0.2) is 6.61 Å². The molecule has 7 nitrogen and oxygen atoms in total. The first-order valence-corrected chi connectivity index (χ1v) is 8.96. The third-order valence-electron chi connectivity index (χ3n) is 4.19. The quantitative estimate of drug-likeness (QED) is 0.593. The van der Waals surface area contributed by atoms with Gasteiger partial charge in [-0.3, -0.25) is 24.1 Å². The highest BCUT2D eigenvalue weighted by atomic mass is 35.5. The summed E-state index contributed by atoms with van der Waals surface area (Å²) in [6.45, 7) is -0.592. The maximum Gasteiger partial charge on any atom is 0.308 e. The molecule has 0 spiro atoms. The molecule has 2 aromatic rings. The molecule has 0 saturated carbocycles. The summed E-state index contributed by atoms with van der Waals surface area (Å²) in [5.41, 5.74) is 1.54. The number of anilines is 1. The second-order valence-electron chi connectivity index (χ2n) is 6.12. The smallest absolute Gasteiger partial charge is 0.308 e. The molecule has 1 aliphatic heterocycles. The molecule has 3 rings (SSSR count). The largest absolute Gasteiger partial charge is 0.456 e. The lowest BCUT2D eigenvalue weighted by molar-refractivity contribution is -0.147. The van der Waals surface area contributed by atoms with Gasteiger partial charge in [-0.05, 0) is 23.8 Å². The fraction of sp³-hybridized carbons (Fsp3) is 0.200. The molecule has 0 fully saturated rings. The molecule has 0 aliphatic carbocycles. The average molecular weight is 401 g/mol. The Hall–Kier alpha value is -3.19. The number of nitrogens with zero attached hydrogens (tertiary/aromatic N) is 1. The van der Waals surface area contributed by atoms with E-state index in [1.807, 2.05) is 0 Å². The Kier molecular flexibility index (Phi) is 6.06. The van der Waals surface area contributed by atoms with Gasteiger partial charge >= 0.3 is 5.97 Å². The van der Waals surface area contributed by atoms with Crippen molar-refractivity contribution >= 4 is 41.0 Å². The number of hydrogen-bond donors (Lipinski definition) is 1. The molecule has 144 valence electrons. The fourth-order valence-corrected chi connectivity index (χ4v) is 2.98. The van der Waals surface area contributed by atoms with Gasteiger partial charge in [0.2, 0.25) is 5.91 Å². The van der Waals surface area contributed by atoms with Gasteiger partial charge in [0.1, 0.15) is 0 Å². The third kappa shape index (κ3) is 4.55. The van der Waals surface area contributed by atoms with Crippen molar-refractivity contribution in [2.24, 2.45) is 0 Å². The lowest BCUT2D eigenvalue weighted by atomic mass is 9.98. The van der Waals surface area contributed by atoms with Crippen LogP contribution in [0, 0.1) is 0 Å². The number of nitrogens with one attached hydrogen (secondary N) is 1. The molecule has 0 atom stereocenters. The summed E-state index contributed by atoms with van der Waals surface area (Å²) in [6.07, 6.45) is -0.0871. The maximum absolute atomic E-state index is 12.4. The van der Waals surface area contributed by atoms with Crippen LogP contribution in [0.15, 0.2) is 48.5 Å². The van der Waals surface area contributed by atoms with Crippen molar-refractivity contribution in [1.82, 2.24) is 4.90 Å². The number of imide groups is 1. The van der Waals surface area contributed by atoms with E-state index in [9.17, 15) is 19.2 Å². The Labute approximate surface area is 166 Å². The average Bonchev–Trinajstić information content (AvgIpc) is 2.68. The molecular formula is C20H17ClN2O5. The fourth-order valence-electron chi connectivity index (χ4n) is 2.80.